The van der Waals surface area contributed by atoms with Crippen molar-refractivity contribution in [1.82, 2.24) is 19.7 Å². The van der Waals surface area contributed by atoms with E-state index >= 15 is 0 Å². The first-order chi connectivity index (χ1) is 15.8. The Morgan fingerprint density at radius 2 is 1.79 bits per heavy atom. The molecule has 0 aliphatic heterocycles. The van der Waals surface area contributed by atoms with Crippen molar-refractivity contribution in [2.24, 2.45) is 0 Å². The van der Waals surface area contributed by atoms with E-state index in [4.69, 9.17) is 15.6 Å². The van der Waals surface area contributed by atoms with Gasteiger partial charge in [-0.1, -0.05) is 24.3 Å². The first-order valence-corrected chi connectivity index (χ1v) is 10.4. The van der Waals surface area contributed by atoms with Gasteiger partial charge in [0, 0.05) is 5.56 Å². The topological polar surface area (TPSA) is 88.1 Å². The van der Waals surface area contributed by atoms with E-state index in [1.165, 1.54) is 35.7 Å². The predicted octanol–water partition coefficient (Wildman–Crippen LogP) is 4.71. The third kappa shape index (κ3) is 3.92. The summed E-state index contributed by atoms with van der Waals surface area (Å²) in [6, 6.07) is 12.4. The number of fused-ring (bicyclic) bond motifs is 2. The molecule has 7 nitrogen and oxygen atoms in total. The van der Waals surface area contributed by atoms with Crippen molar-refractivity contribution in [2.75, 3.05) is 12.3 Å². The second-order valence-electron chi connectivity index (χ2n) is 7.72. The number of rotatable bonds is 5. The Kier molecular flexibility index (Phi) is 5.07. The summed E-state index contributed by atoms with van der Waals surface area (Å²) in [4.78, 5) is 8.53. The molecule has 0 atom stereocenters. The van der Waals surface area contributed by atoms with Crippen molar-refractivity contribution >= 4 is 16.9 Å². The van der Waals surface area contributed by atoms with Crippen LogP contribution in [0, 0.1) is 0 Å². The van der Waals surface area contributed by atoms with Crippen LogP contribution in [0.3, 0.4) is 0 Å². The molecule has 0 fully saturated rings. The molecule has 1 aliphatic rings. The van der Waals surface area contributed by atoms with E-state index in [0.29, 0.717) is 22.3 Å². The third-order valence-electron chi connectivity index (χ3n) is 5.64. The highest BCUT2D eigenvalue weighted by Gasteiger charge is 2.33. The minimum Gasteiger partial charge on any atom is -0.490 e. The molecule has 5 rings (SSSR count). The monoisotopic (exact) mass is 455 g/mol. The molecule has 10 heteroatoms. The number of nitrogens with two attached hydrogens (primary N) is 1. The summed E-state index contributed by atoms with van der Waals surface area (Å²) >= 11 is 0. The highest BCUT2D eigenvalue weighted by atomic mass is 19.4. The van der Waals surface area contributed by atoms with Crippen molar-refractivity contribution < 1.29 is 22.6 Å². The number of hydrogen-bond acceptors (Lipinski definition) is 6. The van der Waals surface area contributed by atoms with Gasteiger partial charge in [-0.05, 0) is 49.1 Å². The van der Waals surface area contributed by atoms with Crippen LogP contribution in [0.2, 0.25) is 0 Å². The lowest BCUT2D eigenvalue weighted by atomic mass is 10.1. The fourth-order valence-electron chi connectivity index (χ4n) is 4.29. The minimum absolute atomic E-state index is 0.0344. The smallest absolute Gasteiger partial charge is 0.490 e. The van der Waals surface area contributed by atoms with Crippen LogP contribution in [0.15, 0.2) is 48.8 Å². The normalized spacial score (nSPS) is 13.9. The van der Waals surface area contributed by atoms with Crippen LogP contribution in [0.1, 0.15) is 24.1 Å². The maximum absolute atomic E-state index is 12.8. The van der Waals surface area contributed by atoms with Crippen LogP contribution in [0.25, 0.3) is 22.3 Å². The number of hydrogen-bond donors (Lipinski definition) is 1. The van der Waals surface area contributed by atoms with Crippen molar-refractivity contribution in [3.63, 3.8) is 0 Å². The number of alkyl halides is 3. The summed E-state index contributed by atoms with van der Waals surface area (Å²) in [6.07, 6.45) is -1.87. The van der Waals surface area contributed by atoms with Crippen LogP contribution >= 0.6 is 0 Å². The molecule has 0 amide bonds. The van der Waals surface area contributed by atoms with Crippen LogP contribution in [0.5, 0.6) is 11.5 Å². The highest BCUT2D eigenvalue weighted by molar-refractivity contribution is 5.98. The average Bonchev–Trinajstić information content (AvgIpc) is 3.36. The zero-order valence-electron chi connectivity index (χ0n) is 17.6. The van der Waals surface area contributed by atoms with E-state index in [1.807, 2.05) is 16.8 Å². The maximum atomic E-state index is 12.8. The lowest BCUT2D eigenvalue weighted by Crippen LogP contribution is -2.17. The highest BCUT2D eigenvalue weighted by Crippen LogP contribution is 2.40. The molecule has 0 bridgehead atoms. The van der Waals surface area contributed by atoms with Crippen LogP contribution in [0.4, 0.5) is 19.0 Å². The standard InChI is InChI=1S/C23H20F3N5O2/c1-2-32-18-11-15(7-8-17(18)33-23(24,25)26)20-19-21(27)28-12-29-22(19)31(30-20)16-9-13-5-3-4-6-14(13)10-16/h3-8,11-12,16H,2,9-10H2,1H3,(H2,27,28,29). The molecule has 2 heterocycles. The van der Waals surface area contributed by atoms with Gasteiger partial charge in [-0.15, -0.1) is 13.2 Å². The first-order valence-electron chi connectivity index (χ1n) is 10.4. The third-order valence-corrected chi connectivity index (χ3v) is 5.64. The van der Waals surface area contributed by atoms with E-state index in [-0.39, 0.29) is 24.2 Å². The SMILES string of the molecule is CCOc1cc(-c2nn(C3Cc4ccccc4C3)c3ncnc(N)c23)ccc1OC(F)(F)F. The Hall–Kier alpha value is -3.82. The van der Waals surface area contributed by atoms with Crippen LogP contribution in [-0.2, 0) is 12.8 Å². The van der Waals surface area contributed by atoms with Crippen molar-refractivity contribution in [3.05, 3.63) is 59.9 Å². The van der Waals surface area contributed by atoms with Crippen LogP contribution < -0.4 is 15.2 Å². The quantitative estimate of drug-likeness (QED) is 0.469. The molecule has 4 aromatic rings. The van der Waals surface area contributed by atoms with Gasteiger partial charge in [0.1, 0.15) is 17.8 Å². The number of nitrogen functional groups attached to an aromatic ring is 1. The predicted molar refractivity (Wildman–Crippen MR) is 116 cm³/mol. The lowest BCUT2D eigenvalue weighted by molar-refractivity contribution is -0.275. The Morgan fingerprint density at radius 1 is 1.06 bits per heavy atom. The van der Waals surface area contributed by atoms with Gasteiger partial charge in [0.25, 0.3) is 0 Å². The second kappa shape index (κ2) is 7.95. The van der Waals surface area contributed by atoms with Crippen LogP contribution in [-0.4, -0.2) is 32.7 Å². The zero-order valence-corrected chi connectivity index (χ0v) is 17.6. The molecule has 0 unspecified atom stereocenters. The van der Waals surface area contributed by atoms with E-state index < -0.39 is 12.1 Å². The Bertz CT molecular complexity index is 1310. The fourth-order valence-corrected chi connectivity index (χ4v) is 4.29. The van der Waals surface area contributed by atoms with Gasteiger partial charge in [-0.25, -0.2) is 14.6 Å². The first kappa shape index (κ1) is 21.0. The van der Waals surface area contributed by atoms with Gasteiger partial charge in [-0.2, -0.15) is 5.10 Å². The molecule has 0 spiro atoms. The summed E-state index contributed by atoms with van der Waals surface area (Å²) in [7, 11) is 0. The Balaban J connectivity index is 1.61. The number of nitrogens with zero attached hydrogens (tertiary/aromatic N) is 4. The lowest BCUT2D eigenvalue weighted by Gasteiger charge is -2.14. The van der Waals surface area contributed by atoms with Gasteiger partial charge in [0.05, 0.1) is 18.0 Å². The number of ether oxygens (including phenoxy) is 2. The van der Waals surface area contributed by atoms with E-state index in [2.05, 4.69) is 26.8 Å². The zero-order chi connectivity index (χ0) is 23.2. The molecule has 170 valence electrons. The number of aromatic nitrogens is 4. The maximum Gasteiger partial charge on any atom is 0.573 e. The molecule has 33 heavy (non-hydrogen) atoms. The van der Waals surface area contributed by atoms with Gasteiger partial charge >= 0.3 is 6.36 Å². The number of benzene rings is 2. The van der Waals surface area contributed by atoms with E-state index in [9.17, 15) is 13.2 Å². The van der Waals surface area contributed by atoms with Gasteiger partial charge in [0.2, 0.25) is 0 Å². The number of anilines is 1. The average molecular weight is 455 g/mol. The summed E-state index contributed by atoms with van der Waals surface area (Å²) in [6.45, 7) is 1.84. The summed E-state index contributed by atoms with van der Waals surface area (Å²) in [5.41, 5.74) is 10.3. The van der Waals surface area contributed by atoms with E-state index in [0.717, 1.165) is 12.8 Å². The molecule has 0 saturated carbocycles. The van der Waals surface area contributed by atoms with Gasteiger partial charge in [0.15, 0.2) is 17.1 Å². The van der Waals surface area contributed by atoms with Crippen molar-refractivity contribution in [1.29, 1.82) is 0 Å². The molecule has 0 radical (unpaired) electrons. The molecule has 1 aliphatic carbocycles. The fraction of sp³-hybridized carbons (Fsp3) is 0.261. The molecule has 0 saturated heterocycles. The number of halogens is 3. The molecule has 2 aromatic carbocycles. The minimum atomic E-state index is -4.84. The molecular formula is C23H20F3N5O2. The van der Waals surface area contributed by atoms with Gasteiger partial charge in [-0.3, -0.25) is 0 Å². The molecule has 2 aromatic heterocycles. The van der Waals surface area contributed by atoms with E-state index in [1.54, 1.807) is 6.92 Å². The Labute approximate surface area is 187 Å². The summed E-state index contributed by atoms with van der Waals surface area (Å²) in [5, 5.41) is 5.35. The molecular weight excluding hydrogens is 435 g/mol. The van der Waals surface area contributed by atoms with Crippen molar-refractivity contribution in [2.45, 2.75) is 32.2 Å². The molecule has 2 N–H and O–H groups in total. The summed E-state index contributed by atoms with van der Waals surface area (Å²) in [5.74, 6) is -0.226. The largest absolute Gasteiger partial charge is 0.573 e. The second-order valence-corrected chi connectivity index (χ2v) is 7.72. The summed E-state index contributed by atoms with van der Waals surface area (Å²) < 4.78 is 49.8. The van der Waals surface area contributed by atoms with Crippen molar-refractivity contribution in [3.8, 4) is 22.8 Å². The Morgan fingerprint density at radius 3 is 2.45 bits per heavy atom. The van der Waals surface area contributed by atoms with Gasteiger partial charge < -0.3 is 15.2 Å².